The molecule has 9 heteroatoms. The van der Waals surface area contributed by atoms with Gasteiger partial charge < -0.3 is 10.2 Å². The molecule has 0 aliphatic carbocycles. The fourth-order valence-corrected chi connectivity index (χ4v) is 5.18. The lowest BCUT2D eigenvalue weighted by Gasteiger charge is -2.34. The van der Waals surface area contributed by atoms with E-state index in [1.165, 1.54) is 4.31 Å². The zero-order valence-electron chi connectivity index (χ0n) is 18.5. The van der Waals surface area contributed by atoms with Crippen LogP contribution >= 0.6 is 0 Å². The van der Waals surface area contributed by atoms with E-state index in [0.29, 0.717) is 38.3 Å². The Balaban J connectivity index is 1.41. The Bertz CT molecular complexity index is 1190. The third kappa shape index (κ3) is 5.37. The number of nitrogens with zero attached hydrogens (tertiary/aromatic N) is 4. The van der Waals surface area contributed by atoms with Crippen molar-refractivity contribution in [2.45, 2.75) is 24.7 Å². The van der Waals surface area contributed by atoms with Crippen molar-refractivity contribution in [3.8, 4) is 11.3 Å². The minimum Gasteiger partial charge on any atom is -0.354 e. The predicted molar refractivity (Wildman–Crippen MR) is 128 cm³/mol. The zero-order valence-corrected chi connectivity index (χ0v) is 19.3. The lowest BCUT2D eigenvalue weighted by molar-refractivity contribution is -0.116. The van der Waals surface area contributed by atoms with E-state index in [2.05, 4.69) is 20.2 Å². The summed E-state index contributed by atoms with van der Waals surface area (Å²) < 4.78 is 27.7. The molecule has 8 nitrogen and oxygen atoms in total. The molecule has 3 aromatic rings. The van der Waals surface area contributed by atoms with E-state index in [9.17, 15) is 13.2 Å². The summed E-state index contributed by atoms with van der Waals surface area (Å²) in [4.78, 5) is 22.8. The van der Waals surface area contributed by atoms with Gasteiger partial charge in [-0.1, -0.05) is 37.3 Å². The van der Waals surface area contributed by atoms with Gasteiger partial charge in [-0.05, 0) is 30.7 Å². The van der Waals surface area contributed by atoms with Gasteiger partial charge in [-0.2, -0.15) is 4.31 Å². The Morgan fingerprint density at radius 2 is 1.67 bits per heavy atom. The van der Waals surface area contributed by atoms with Gasteiger partial charge in [-0.15, -0.1) is 0 Å². The number of rotatable bonds is 7. The van der Waals surface area contributed by atoms with E-state index in [-0.39, 0.29) is 10.8 Å². The normalized spacial score (nSPS) is 14.8. The van der Waals surface area contributed by atoms with Crippen LogP contribution in [0, 0.1) is 0 Å². The van der Waals surface area contributed by atoms with Gasteiger partial charge in [0.15, 0.2) is 0 Å². The van der Waals surface area contributed by atoms with Gasteiger partial charge in [0.25, 0.3) is 0 Å². The highest BCUT2D eigenvalue weighted by molar-refractivity contribution is 7.89. The van der Waals surface area contributed by atoms with Crippen LogP contribution in [0.5, 0.6) is 0 Å². The fourth-order valence-electron chi connectivity index (χ4n) is 3.75. The van der Waals surface area contributed by atoms with Crippen LogP contribution in [0.1, 0.15) is 19.8 Å². The zero-order chi connectivity index (χ0) is 23.3. The van der Waals surface area contributed by atoms with Gasteiger partial charge >= 0.3 is 0 Å². The Kier molecular flexibility index (Phi) is 7.00. The van der Waals surface area contributed by atoms with Crippen molar-refractivity contribution < 1.29 is 13.2 Å². The molecule has 0 radical (unpaired) electrons. The van der Waals surface area contributed by atoms with Crippen LogP contribution in [-0.2, 0) is 14.8 Å². The third-order valence-corrected chi connectivity index (χ3v) is 7.45. The van der Waals surface area contributed by atoms with Gasteiger partial charge in [0.1, 0.15) is 12.1 Å². The molecule has 1 aliphatic rings. The first kappa shape index (κ1) is 22.9. The number of hydrogen-bond acceptors (Lipinski definition) is 6. The summed E-state index contributed by atoms with van der Waals surface area (Å²) in [5.41, 5.74) is 2.44. The highest BCUT2D eigenvalue weighted by Gasteiger charge is 2.29. The summed E-state index contributed by atoms with van der Waals surface area (Å²) in [5, 5.41) is 2.78. The van der Waals surface area contributed by atoms with Gasteiger partial charge in [-0.25, -0.2) is 18.4 Å². The molecule has 4 rings (SSSR count). The molecule has 0 atom stereocenters. The maximum Gasteiger partial charge on any atom is 0.243 e. The molecule has 1 fully saturated rings. The Morgan fingerprint density at radius 1 is 0.970 bits per heavy atom. The summed E-state index contributed by atoms with van der Waals surface area (Å²) in [5.74, 6) is 0.706. The van der Waals surface area contributed by atoms with E-state index < -0.39 is 10.0 Å². The van der Waals surface area contributed by atoms with Crippen LogP contribution in [0.25, 0.3) is 11.3 Å². The number of carbonyl (C=O) groups excluding carboxylic acids is 1. The molecule has 1 N–H and O–H groups in total. The number of benzene rings is 2. The first-order chi connectivity index (χ1) is 16.0. The van der Waals surface area contributed by atoms with Crippen molar-refractivity contribution in [1.29, 1.82) is 0 Å². The number of piperazine rings is 1. The van der Waals surface area contributed by atoms with Gasteiger partial charge in [0.05, 0.1) is 10.6 Å². The van der Waals surface area contributed by atoms with Crippen LogP contribution in [-0.4, -0.2) is 54.8 Å². The fraction of sp³-hybridized carbons (Fsp3) is 0.292. The first-order valence-corrected chi connectivity index (χ1v) is 12.4. The Morgan fingerprint density at radius 3 is 2.33 bits per heavy atom. The van der Waals surface area contributed by atoms with Gasteiger partial charge in [0.2, 0.25) is 15.9 Å². The molecule has 1 aliphatic heterocycles. The predicted octanol–water partition coefficient (Wildman–Crippen LogP) is 3.39. The number of hydrogen-bond donors (Lipinski definition) is 1. The van der Waals surface area contributed by atoms with Crippen molar-refractivity contribution in [3.05, 3.63) is 67.0 Å². The molecule has 172 valence electrons. The quantitative estimate of drug-likeness (QED) is 0.575. The number of aromatic nitrogens is 2. The lowest BCUT2D eigenvalue weighted by atomic mass is 10.1. The molecule has 0 unspecified atom stereocenters. The minimum absolute atomic E-state index is 0.0793. The van der Waals surface area contributed by atoms with Crippen LogP contribution < -0.4 is 10.2 Å². The molecule has 0 spiro atoms. The second kappa shape index (κ2) is 10.1. The number of sulfonamides is 1. The van der Waals surface area contributed by atoms with Crippen molar-refractivity contribution in [2.24, 2.45) is 0 Å². The monoisotopic (exact) mass is 465 g/mol. The van der Waals surface area contributed by atoms with E-state index in [1.54, 1.807) is 30.6 Å². The summed E-state index contributed by atoms with van der Waals surface area (Å²) in [7, 11) is -3.61. The summed E-state index contributed by atoms with van der Waals surface area (Å²) in [6.45, 7) is 3.73. The van der Waals surface area contributed by atoms with Crippen LogP contribution in [0.4, 0.5) is 11.5 Å². The van der Waals surface area contributed by atoms with Crippen LogP contribution in [0.15, 0.2) is 71.9 Å². The van der Waals surface area contributed by atoms with Gasteiger partial charge in [0, 0.05) is 49.9 Å². The van der Waals surface area contributed by atoms with E-state index in [1.807, 2.05) is 43.3 Å². The largest absolute Gasteiger partial charge is 0.354 e. The molecule has 1 saturated heterocycles. The van der Waals surface area contributed by atoms with Crippen molar-refractivity contribution in [3.63, 3.8) is 0 Å². The molecule has 1 amide bonds. The van der Waals surface area contributed by atoms with Crippen LogP contribution in [0.2, 0.25) is 0 Å². The smallest absolute Gasteiger partial charge is 0.243 e. The molecular formula is C24H27N5O3S. The molecule has 2 aromatic carbocycles. The topological polar surface area (TPSA) is 95.5 Å². The Hall–Kier alpha value is -3.30. The number of anilines is 2. The molecule has 1 aromatic heterocycles. The summed E-state index contributed by atoms with van der Waals surface area (Å²) in [6.07, 6.45) is 2.73. The average molecular weight is 466 g/mol. The van der Waals surface area contributed by atoms with E-state index >= 15 is 0 Å². The second-order valence-corrected chi connectivity index (χ2v) is 9.78. The average Bonchev–Trinajstić information content (AvgIpc) is 2.85. The molecule has 33 heavy (non-hydrogen) atoms. The number of carbonyl (C=O) groups is 1. The maximum atomic E-state index is 13.1. The SMILES string of the molecule is CCCC(=O)Nc1ccc(S(=O)(=O)N2CCN(c3cc(-c4ccccc4)ncn3)CC2)cc1. The highest BCUT2D eigenvalue weighted by Crippen LogP contribution is 2.24. The van der Waals surface area contributed by atoms with Crippen molar-refractivity contribution in [2.75, 3.05) is 36.4 Å². The van der Waals surface area contributed by atoms with Crippen molar-refractivity contribution >= 4 is 27.4 Å². The summed E-state index contributed by atoms with van der Waals surface area (Å²) >= 11 is 0. The third-order valence-electron chi connectivity index (χ3n) is 5.54. The minimum atomic E-state index is -3.61. The molecular weight excluding hydrogens is 438 g/mol. The van der Waals surface area contributed by atoms with Gasteiger partial charge in [-0.3, -0.25) is 4.79 Å². The number of amides is 1. The first-order valence-electron chi connectivity index (χ1n) is 11.0. The van der Waals surface area contributed by atoms with E-state index in [0.717, 1.165) is 23.5 Å². The molecule has 0 bridgehead atoms. The molecule has 2 heterocycles. The second-order valence-electron chi connectivity index (χ2n) is 7.84. The maximum absolute atomic E-state index is 13.1. The lowest BCUT2D eigenvalue weighted by Crippen LogP contribution is -2.48. The molecule has 0 saturated carbocycles. The standard InChI is InChI=1S/C24H27N5O3S/c1-2-6-24(30)27-20-9-11-21(12-10-20)33(31,32)29-15-13-28(14-16-29)23-17-22(25-18-26-23)19-7-4-3-5-8-19/h3-5,7-12,17-18H,2,6,13-16H2,1H3,(H,27,30). The van der Waals surface area contributed by atoms with Crippen LogP contribution in [0.3, 0.4) is 0 Å². The highest BCUT2D eigenvalue weighted by atomic mass is 32.2. The van der Waals surface area contributed by atoms with Crippen molar-refractivity contribution in [1.82, 2.24) is 14.3 Å². The number of nitrogens with one attached hydrogen (secondary N) is 1. The van der Waals surface area contributed by atoms with E-state index in [4.69, 9.17) is 0 Å². The summed E-state index contributed by atoms with van der Waals surface area (Å²) in [6, 6.07) is 18.2. The Labute approximate surface area is 194 Å².